The molecule has 1 aromatic carbocycles. The maximum atomic E-state index is 2.43. The quantitative estimate of drug-likeness (QED) is 0.651. The van der Waals surface area contributed by atoms with Gasteiger partial charge in [0.25, 0.3) is 0 Å². The molecular formula is C22H22S. The lowest BCUT2D eigenvalue weighted by Crippen LogP contribution is -2.35. The van der Waals surface area contributed by atoms with E-state index in [2.05, 4.69) is 66.8 Å². The van der Waals surface area contributed by atoms with Crippen LogP contribution in [-0.2, 0) is 6.42 Å². The van der Waals surface area contributed by atoms with E-state index in [-0.39, 0.29) is 0 Å². The van der Waals surface area contributed by atoms with Crippen molar-refractivity contribution in [3.8, 4) is 0 Å². The minimum atomic E-state index is 0.591. The summed E-state index contributed by atoms with van der Waals surface area (Å²) in [5, 5.41) is 2.91. The lowest BCUT2D eigenvalue weighted by molar-refractivity contribution is 0.860. The Labute approximate surface area is 142 Å². The third kappa shape index (κ3) is 3.03. The Balaban J connectivity index is 0.000000233. The van der Waals surface area contributed by atoms with Gasteiger partial charge in [0, 0.05) is 17.4 Å². The second-order valence-electron chi connectivity index (χ2n) is 6.30. The number of allylic oxidation sites excluding steroid dienone is 5. The van der Waals surface area contributed by atoms with Crippen molar-refractivity contribution in [2.45, 2.75) is 19.3 Å². The Morgan fingerprint density at radius 1 is 0.957 bits per heavy atom. The summed E-state index contributed by atoms with van der Waals surface area (Å²) in [5.74, 6) is 3.06. The number of rotatable bonds is 0. The smallest absolute Gasteiger partial charge is 0.0116 e. The van der Waals surface area contributed by atoms with Gasteiger partial charge in [-0.05, 0) is 46.4 Å². The summed E-state index contributed by atoms with van der Waals surface area (Å²) in [5.41, 5.74) is 4.48. The first-order valence-electron chi connectivity index (χ1n) is 8.54. The van der Waals surface area contributed by atoms with Crippen molar-refractivity contribution in [1.29, 1.82) is 0 Å². The highest BCUT2D eigenvalue weighted by Crippen LogP contribution is 2.25. The Morgan fingerprint density at radius 2 is 1.87 bits per heavy atom. The SMILES string of the molecule is C1=CC2=c3ccc4c(c3=CCC2C=C1)C=CCC4.C1=CCSC1. The molecule has 1 aromatic rings. The van der Waals surface area contributed by atoms with Gasteiger partial charge in [0.2, 0.25) is 0 Å². The zero-order valence-corrected chi connectivity index (χ0v) is 14.2. The average molecular weight is 318 g/mol. The van der Waals surface area contributed by atoms with Crippen molar-refractivity contribution in [1.82, 2.24) is 0 Å². The number of fused-ring (bicyclic) bond motifs is 4. The number of hydrogen-bond acceptors (Lipinski definition) is 1. The van der Waals surface area contributed by atoms with Crippen LogP contribution in [0.2, 0.25) is 0 Å². The Kier molecular flexibility index (Phi) is 4.39. The Hall–Kier alpha value is -1.73. The zero-order valence-electron chi connectivity index (χ0n) is 13.4. The third-order valence-electron chi connectivity index (χ3n) is 4.85. The van der Waals surface area contributed by atoms with Crippen molar-refractivity contribution >= 4 is 29.5 Å². The van der Waals surface area contributed by atoms with Crippen LogP contribution in [0.4, 0.5) is 0 Å². The molecule has 116 valence electrons. The van der Waals surface area contributed by atoms with Gasteiger partial charge in [-0.3, -0.25) is 0 Å². The molecule has 4 aliphatic rings. The molecule has 0 radical (unpaired) electrons. The average Bonchev–Trinajstić information content (AvgIpc) is 3.21. The van der Waals surface area contributed by atoms with Crippen LogP contribution in [0.5, 0.6) is 0 Å². The molecule has 0 nitrogen and oxygen atoms in total. The fourth-order valence-electron chi connectivity index (χ4n) is 3.67. The summed E-state index contributed by atoms with van der Waals surface area (Å²) in [6, 6.07) is 4.65. The molecule has 1 atom stereocenters. The molecule has 1 heterocycles. The highest BCUT2D eigenvalue weighted by molar-refractivity contribution is 7.99. The maximum absolute atomic E-state index is 2.43. The van der Waals surface area contributed by atoms with Crippen molar-refractivity contribution in [2.75, 3.05) is 11.5 Å². The fraction of sp³-hybridized carbons (Fsp3) is 0.273. The molecule has 1 aliphatic heterocycles. The van der Waals surface area contributed by atoms with Gasteiger partial charge in [-0.25, -0.2) is 0 Å². The van der Waals surface area contributed by atoms with Crippen molar-refractivity contribution in [2.24, 2.45) is 5.92 Å². The third-order valence-corrected chi connectivity index (χ3v) is 5.71. The molecule has 1 heteroatoms. The lowest BCUT2D eigenvalue weighted by Gasteiger charge is -2.21. The van der Waals surface area contributed by atoms with E-state index in [0.29, 0.717) is 5.92 Å². The lowest BCUT2D eigenvalue weighted by atomic mass is 9.83. The second-order valence-corrected chi connectivity index (χ2v) is 7.37. The molecule has 3 aliphatic carbocycles. The maximum Gasteiger partial charge on any atom is 0.0116 e. The van der Waals surface area contributed by atoms with Gasteiger partial charge in [0.05, 0.1) is 0 Å². The van der Waals surface area contributed by atoms with E-state index in [1.54, 1.807) is 0 Å². The number of thioether (sulfide) groups is 1. The predicted octanol–water partition coefficient (Wildman–Crippen LogP) is 4.01. The molecule has 1 unspecified atom stereocenters. The topological polar surface area (TPSA) is 0 Å². The van der Waals surface area contributed by atoms with E-state index in [4.69, 9.17) is 0 Å². The molecule has 0 fully saturated rings. The molecule has 23 heavy (non-hydrogen) atoms. The van der Waals surface area contributed by atoms with Crippen LogP contribution in [0.25, 0.3) is 17.7 Å². The van der Waals surface area contributed by atoms with Gasteiger partial charge in [0.15, 0.2) is 0 Å². The van der Waals surface area contributed by atoms with Crippen LogP contribution < -0.4 is 10.4 Å². The van der Waals surface area contributed by atoms with Gasteiger partial charge >= 0.3 is 0 Å². The largest absolute Gasteiger partial charge is 0.154 e. The first-order chi connectivity index (χ1) is 11.4. The van der Waals surface area contributed by atoms with E-state index in [1.807, 2.05) is 11.8 Å². The number of hydrogen-bond donors (Lipinski definition) is 0. The van der Waals surface area contributed by atoms with E-state index >= 15 is 0 Å². The van der Waals surface area contributed by atoms with E-state index in [9.17, 15) is 0 Å². The van der Waals surface area contributed by atoms with Crippen LogP contribution in [-0.4, -0.2) is 11.5 Å². The summed E-state index contributed by atoms with van der Waals surface area (Å²) in [4.78, 5) is 0. The van der Waals surface area contributed by atoms with Crippen LogP contribution >= 0.6 is 11.8 Å². The standard InChI is InChI=1S/C18H16.C4H6S/c1-3-7-15-13(5-1)9-11-18-16-8-4-2-6-14(16)10-12-17(15)18;1-2-4-5-3-1/h1,3-5,7-8,10-13H,2,6,9H2;1-2H,3-4H2. The van der Waals surface area contributed by atoms with Gasteiger partial charge in [-0.15, -0.1) is 0 Å². The van der Waals surface area contributed by atoms with Crippen LogP contribution in [0, 0.1) is 5.92 Å². The summed E-state index contributed by atoms with van der Waals surface area (Å²) in [6.45, 7) is 0. The second kappa shape index (κ2) is 6.80. The molecule has 0 saturated carbocycles. The summed E-state index contributed by atoms with van der Waals surface area (Å²) >= 11 is 1.96. The molecule has 0 spiro atoms. The highest BCUT2D eigenvalue weighted by Gasteiger charge is 2.17. The van der Waals surface area contributed by atoms with Crippen LogP contribution in [0.15, 0.2) is 54.7 Å². The molecule has 0 N–H and O–H groups in total. The predicted molar refractivity (Wildman–Crippen MR) is 104 cm³/mol. The van der Waals surface area contributed by atoms with Crippen molar-refractivity contribution in [3.05, 3.63) is 76.2 Å². The van der Waals surface area contributed by atoms with E-state index in [1.165, 1.54) is 51.5 Å². The van der Waals surface area contributed by atoms with Gasteiger partial charge in [-0.2, -0.15) is 11.8 Å². The fourth-order valence-corrected chi connectivity index (χ4v) is 4.35. The van der Waals surface area contributed by atoms with Crippen molar-refractivity contribution < 1.29 is 0 Å². The minimum Gasteiger partial charge on any atom is -0.154 e. The first kappa shape index (κ1) is 14.8. The first-order valence-corrected chi connectivity index (χ1v) is 9.69. The van der Waals surface area contributed by atoms with E-state index < -0.39 is 0 Å². The Bertz CT molecular complexity index is 827. The van der Waals surface area contributed by atoms with Crippen LogP contribution in [0.3, 0.4) is 0 Å². The molecule has 0 bridgehead atoms. The number of benzene rings is 1. The molecule has 0 aromatic heterocycles. The van der Waals surface area contributed by atoms with Crippen LogP contribution in [0.1, 0.15) is 24.0 Å². The molecular weight excluding hydrogens is 296 g/mol. The summed E-state index contributed by atoms with van der Waals surface area (Å²) in [6.07, 6.45) is 23.9. The minimum absolute atomic E-state index is 0.591. The summed E-state index contributed by atoms with van der Waals surface area (Å²) in [7, 11) is 0. The van der Waals surface area contributed by atoms with Crippen molar-refractivity contribution in [3.63, 3.8) is 0 Å². The number of aryl methyl sites for hydroxylation is 1. The van der Waals surface area contributed by atoms with E-state index in [0.717, 1.165) is 6.42 Å². The Morgan fingerprint density at radius 3 is 2.70 bits per heavy atom. The highest BCUT2D eigenvalue weighted by atomic mass is 32.2. The summed E-state index contributed by atoms with van der Waals surface area (Å²) < 4.78 is 0. The van der Waals surface area contributed by atoms with Gasteiger partial charge in [0.1, 0.15) is 0 Å². The monoisotopic (exact) mass is 318 g/mol. The molecule has 0 saturated heterocycles. The molecule has 0 amide bonds. The molecule has 5 rings (SSSR count). The van der Waals surface area contributed by atoms with Gasteiger partial charge < -0.3 is 0 Å². The zero-order chi connectivity index (χ0) is 15.5. The van der Waals surface area contributed by atoms with Gasteiger partial charge in [-0.1, -0.05) is 66.8 Å². The normalized spacial score (nSPS) is 22.6.